The number of amides is 1. The van der Waals surface area contributed by atoms with Crippen molar-refractivity contribution >= 4 is 5.91 Å². The molecule has 2 heterocycles. The first kappa shape index (κ1) is 15.7. The van der Waals surface area contributed by atoms with Crippen LogP contribution in [0.5, 0.6) is 0 Å². The third-order valence-corrected chi connectivity index (χ3v) is 4.96. The van der Waals surface area contributed by atoms with Gasteiger partial charge in [0, 0.05) is 25.6 Å². The zero-order valence-electron chi connectivity index (χ0n) is 12.8. The number of carbonyl (C=O) groups is 1. The average molecular weight is 288 g/mol. The largest absolute Gasteiger partial charge is 0.336 e. The molecule has 5 heteroatoms. The number of halogens is 2. The van der Waals surface area contributed by atoms with Crippen LogP contribution in [0.2, 0.25) is 0 Å². The van der Waals surface area contributed by atoms with E-state index in [1.807, 2.05) is 13.8 Å². The SMILES string of the molecule is CCCN1CC2(CCN(C(=O)C(C)CC)CC2(F)F)C1. The Hall–Kier alpha value is -0.710. The van der Waals surface area contributed by atoms with Gasteiger partial charge in [0.25, 0.3) is 5.92 Å². The Morgan fingerprint density at radius 3 is 2.40 bits per heavy atom. The molecule has 2 saturated heterocycles. The maximum Gasteiger partial charge on any atom is 0.273 e. The second-order valence-electron chi connectivity index (χ2n) is 6.51. The van der Waals surface area contributed by atoms with Gasteiger partial charge in [-0.15, -0.1) is 0 Å². The highest BCUT2D eigenvalue weighted by Crippen LogP contribution is 2.50. The predicted octanol–water partition coefficient (Wildman–Crippen LogP) is 2.61. The lowest BCUT2D eigenvalue weighted by Crippen LogP contribution is -2.70. The molecule has 0 N–H and O–H groups in total. The van der Waals surface area contributed by atoms with Gasteiger partial charge in [-0.1, -0.05) is 20.8 Å². The Bertz CT molecular complexity index is 367. The van der Waals surface area contributed by atoms with E-state index in [-0.39, 0.29) is 11.8 Å². The number of alkyl halides is 2. The highest BCUT2D eigenvalue weighted by atomic mass is 19.3. The van der Waals surface area contributed by atoms with Crippen molar-refractivity contribution in [1.29, 1.82) is 0 Å². The fourth-order valence-corrected chi connectivity index (χ4v) is 3.37. The van der Waals surface area contributed by atoms with Gasteiger partial charge in [0.1, 0.15) is 0 Å². The van der Waals surface area contributed by atoms with E-state index in [2.05, 4.69) is 11.8 Å². The summed E-state index contributed by atoms with van der Waals surface area (Å²) in [7, 11) is 0. The molecule has 0 radical (unpaired) electrons. The highest BCUT2D eigenvalue weighted by Gasteiger charge is 2.62. The maximum absolute atomic E-state index is 14.5. The standard InChI is InChI=1S/C15H26F2N2O/c1-4-7-18-9-14(10-18)6-8-19(11-15(14,16)17)13(20)12(3)5-2/h12H,4-11H2,1-3H3. The summed E-state index contributed by atoms with van der Waals surface area (Å²) < 4.78 is 29.0. The van der Waals surface area contributed by atoms with Crippen molar-refractivity contribution in [2.75, 3.05) is 32.7 Å². The van der Waals surface area contributed by atoms with Crippen LogP contribution in [0.15, 0.2) is 0 Å². The summed E-state index contributed by atoms with van der Waals surface area (Å²) in [5, 5.41) is 0. The molecule has 1 amide bonds. The molecule has 20 heavy (non-hydrogen) atoms. The van der Waals surface area contributed by atoms with Crippen molar-refractivity contribution in [2.45, 2.75) is 46.0 Å². The molecule has 3 nitrogen and oxygen atoms in total. The quantitative estimate of drug-likeness (QED) is 0.794. The summed E-state index contributed by atoms with van der Waals surface area (Å²) in [5.41, 5.74) is -0.881. The number of carbonyl (C=O) groups excluding carboxylic acids is 1. The molecule has 2 aliphatic rings. The van der Waals surface area contributed by atoms with Crippen molar-refractivity contribution in [3.05, 3.63) is 0 Å². The van der Waals surface area contributed by atoms with Gasteiger partial charge < -0.3 is 9.80 Å². The Morgan fingerprint density at radius 2 is 1.90 bits per heavy atom. The molecule has 1 atom stereocenters. The number of nitrogens with zero attached hydrogens (tertiary/aromatic N) is 2. The number of piperidine rings is 1. The first-order valence-corrected chi connectivity index (χ1v) is 7.74. The maximum atomic E-state index is 14.5. The molecule has 0 aromatic carbocycles. The van der Waals surface area contributed by atoms with E-state index < -0.39 is 17.9 Å². The van der Waals surface area contributed by atoms with Crippen LogP contribution in [0.25, 0.3) is 0 Å². The van der Waals surface area contributed by atoms with Crippen LogP contribution < -0.4 is 0 Å². The van der Waals surface area contributed by atoms with E-state index in [1.54, 1.807) is 0 Å². The second kappa shape index (κ2) is 5.58. The third-order valence-electron chi connectivity index (χ3n) is 4.96. The van der Waals surface area contributed by atoms with Crippen LogP contribution >= 0.6 is 0 Å². The number of rotatable bonds is 4. The van der Waals surface area contributed by atoms with Crippen LogP contribution in [0, 0.1) is 11.3 Å². The predicted molar refractivity (Wildman–Crippen MR) is 74.8 cm³/mol. The van der Waals surface area contributed by atoms with E-state index >= 15 is 0 Å². The summed E-state index contributed by atoms with van der Waals surface area (Å²) in [5.74, 6) is -3.02. The number of hydrogen-bond acceptors (Lipinski definition) is 2. The van der Waals surface area contributed by atoms with Crippen LogP contribution in [0.1, 0.15) is 40.0 Å². The molecule has 0 aromatic heterocycles. The summed E-state index contributed by atoms with van der Waals surface area (Å²) in [6.45, 7) is 7.76. The molecular formula is C15H26F2N2O. The van der Waals surface area contributed by atoms with E-state index in [9.17, 15) is 13.6 Å². The lowest BCUT2D eigenvalue weighted by Gasteiger charge is -2.57. The van der Waals surface area contributed by atoms with Gasteiger partial charge in [0.15, 0.2) is 0 Å². The molecule has 116 valence electrons. The monoisotopic (exact) mass is 288 g/mol. The van der Waals surface area contributed by atoms with E-state index in [4.69, 9.17) is 0 Å². The lowest BCUT2D eigenvalue weighted by molar-refractivity contribution is -0.225. The summed E-state index contributed by atoms with van der Waals surface area (Å²) in [4.78, 5) is 15.6. The van der Waals surface area contributed by atoms with Gasteiger partial charge in [-0.25, -0.2) is 8.78 Å². The normalized spacial score (nSPS) is 26.4. The Morgan fingerprint density at radius 1 is 1.25 bits per heavy atom. The van der Waals surface area contributed by atoms with Gasteiger partial charge in [-0.3, -0.25) is 4.79 Å². The van der Waals surface area contributed by atoms with Crippen molar-refractivity contribution in [2.24, 2.45) is 11.3 Å². The molecule has 2 aliphatic heterocycles. The Kier molecular flexibility index (Phi) is 4.38. The highest BCUT2D eigenvalue weighted by molar-refractivity contribution is 5.78. The minimum atomic E-state index is -2.75. The van der Waals surface area contributed by atoms with Crippen LogP contribution in [0.3, 0.4) is 0 Å². The topological polar surface area (TPSA) is 23.6 Å². The van der Waals surface area contributed by atoms with Crippen molar-refractivity contribution in [3.8, 4) is 0 Å². The summed E-state index contributed by atoms with van der Waals surface area (Å²) >= 11 is 0. The molecule has 2 rings (SSSR count). The van der Waals surface area contributed by atoms with E-state index in [1.165, 1.54) is 4.90 Å². The molecule has 2 fully saturated rings. The zero-order chi connectivity index (χ0) is 15.0. The van der Waals surface area contributed by atoms with E-state index in [0.717, 1.165) is 13.0 Å². The van der Waals surface area contributed by atoms with Crippen molar-refractivity contribution in [1.82, 2.24) is 9.80 Å². The molecule has 0 saturated carbocycles. The number of likely N-dealkylation sites (tertiary alicyclic amines) is 2. The minimum Gasteiger partial charge on any atom is -0.336 e. The van der Waals surface area contributed by atoms with Crippen LogP contribution in [-0.4, -0.2) is 54.4 Å². The first-order chi connectivity index (χ1) is 9.35. The third kappa shape index (κ3) is 2.57. The van der Waals surface area contributed by atoms with Gasteiger partial charge in [-0.05, 0) is 25.8 Å². The van der Waals surface area contributed by atoms with Gasteiger partial charge in [0.2, 0.25) is 5.91 Å². The Labute approximate surface area is 120 Å². The van der Waals surface area contributed by atoms with Crippen LogP contribution in [-0.2, 0) is 4.79 Å². The smallest absolute Gasteiger partial charge is 0.273 e. The fourth-order valence-electron chi connectivity index (χ4n) is 3.37. The fraction of sp³-hybridized carbons (Fsp3) is 0.933. The van der Waals surface area contributed by atoms with Crippen molar-refractivity contribution in [3.63, 3.8) is 0 Å². The molecule has 0 bridgehead atoms. The summed E-state index contributed by atoms with van der Waals surface area (Å²) in [6.07, 6.45) is 2.14. The Balaban J connectivity index is 1.98. The summed E-state index contributed by atoms with van der Waals surface area (Å²) in [6, 6.07) is 0. The average Bonchev–Trinajstić information content (AvgIpc) is 2.36. The first-order valence-electron chi connectivity index (χ1n) is 7.74. The lowest BCUT2D eigenvalue weighted by atomic mass is 9.69. The van der Waals surface area contributed by atoms with E-state index in [0.29, 0.717) is 32.5 Å². The molecule has 0 aromatic rings. The van der Waals surface area contributed by atoms with Gasteiger partial charge in [-0.2, -0.15) is 0 Å². The van der Waals surface area contributed by atoms with Gasteiger partial charge >= 0.3 is 0 Å². The molecule has 1 spiro atoms. The second-order valence-corrected chi connectivity index (χ2v) is 6.51. The zero-order valence-corrected chi connectivity index (χ0v) is 12.8. The van der Waals surface area contributed by atoms with Crippen LogP contribution in [0.4, 0.5) is 8.78 Å². The molecular weight excluding hydrogens is 262 g/mol. The number of hydrogen-bond donors (Lipinski definition) is 0. The minimum absolute atomic E-state index is 0.119. The van der Waals surface area contributed by atoms with Gasteiger partial charge in [0.05, 0.1) is 12.0 Å². The molecule has 0 aliphatic carbocycles. The molecule has 1 unspecified atom stereocenters. The van der Waals surface area contributed by atoms with Crippen molar-refractivity contribution < 1.29 is 13.6 Å².